The van der Waals surface area contributed by atoms with Crippen molar-refractivity contribution in [2.45, 2.75) is 71.1 Å². The normalized spacial score (nSPS) is 54.3. The summed E-state index contributed by atoms with van der Waals surface area (Å²) in [6.45, 7) is 4.46. The van der Waals surface area contributed by atoms with E-state index in [0.29, 0.717) is 24.2 Å². The Morgan fingerprint density at radius 3 is 2.73 bits per heavy atom. The van der Waals surface area contributed by atoms with E-state index in [2.05, 4.69) is 19.9 Å². The van der Waals surface area contributed by atoms with Crippen molar-refractivity contribution in [1.82, 2.24) is 0 Å². The van der Waals surface area contributed by atoms with Crippen LogP contribution in [0, 0.1) is 28.6 Å². The summed E-state index contributed by atoms with van der Waals surface area (Å²) in [5, 5.41) is 10.4. The fraction of sp³-hybridized carbons (Fsp3) is 0.842. The van der Waals surface area contributed by atoms with Crippen molar-refractivity contribution in [3.05, 3.63) is 11.6 Å². The molecule has 4 rings (SSSR count). The van der Waals surface area contributed by atoms with Crippen LogP contribution in [0.1, 0.15) is 58.8 Å². The molecule has 1 unspecified atom stereocenters. The second-order valence-electron chi connectivity index (χ2n) is 8.66. The molecular weight excluding hydrogens is 279 g/mol. The highest BCUT2D eigenvalue weighted by molar-refractivity contribution is 5.87. The van der Waals surface area contributed by atoms with Gasteiger partial charge in [0.15, 0.2) is 12.0 Å². The Kier molecular flexibility index (Phi) is 3.15. The minimum Gasteiger partial charge on any atom is -0.393 e. The fourth-order valence-electron chi connectivity index (χ4n) is 6.50. The highest BCUT2D eigenvalue weighted by Crippen LogP contribution is 2.64. The molecule has 4 aliphatic carbocycles. The Balaban J connectivity index is 1.71. The second kappa shape index (κ2) is 4.66. The van der Waals surface area contributed by atoms with Crippen molar-refractivity contribution in [3.8, 4) is 0 Å². The molecule has 0 aromatic carbocycles. The monoisotopic (exact) mass is 306 g/mol. The first-order valence-corrected chi connectivity index (χ1v) is 8.93. The molecule has 22 heavy (non-hydrogen) atoms. The SMILES string of the molecule is C[C@]12CC[C@H]3[C@@H](CC=C4C(F)C(=O)CC[C@@]43C)[C@@H]1CC[C@@H]2O. The van der Waals surface area contributed by atoms with Crippen LogP contribution in [0.4, 0.5) is 4.39 Å². The predicted molar refractivity (Wildman–Crippen MR) is 83.0 cm³/mol. The third-order valence-electron chi connectivity index (χ3n) is 7.92. The Bertz CT molecular complexity index is 542. The second-order valence-corrected chi connectivity index (χ2v) is 8.66. The van der Waals surface area contributed by atoms with Crippen LogP contribution in [0.15, 0.2) is 11.6 Å². The quantitative estimate of drug-likeness (QED) is 0.691. The Morgan fingerprint density at radius 2 is 1.95 bits per heavy atom. The topological polar surface area (TPSA) is 37.3 Å². The van der Waals surface area contributed by atoms with E-state index in [0.717, 1.165) is 44.1 Å². The van der Waals surface area contributed by atoms with Gasteiger partial charge in [-0.2, -0.15) is 0 Å². The maximum Gasteiger partial charge on any atom is 0.180 e. The number of rotatable bonds is 0. The summed E-state index contributed by atoms with van der Waals surface area (Å²) in [4.78, 5) is 11.8. The summed E-state index contributed by atoms with van der Waals surface area (Å²) in [6.07, 6.45) is 6.78. The van der Waals surface area contributed by atoms with Crippen molar-refractivity contribution in [1.29, 1.82) is 0 Å². The molecule has 0 radical (unpaired) electrons. The van der Waals surface area contributed by atoms with Gasteiger partial charge < -0.3 is 5.11 Å². The van der Waals surface area contributed by atoms with E-state index in [1.165, 1.54) is 0 Å². The number of fused-ring (bicyclic) bond motifs is 5. The third kappa shape index (κ3) is 1.72. The first-order chi connectivity index (χ1) is 10.4. The lowest BCUT2D eigenvalue weighted by molar-refractivity contribution is -0.128. The molecule has 3 saturated carbocycles. The van der Waals surface area contributed by atoms with Gasteiger partial charge in [0.1, 0.15) is 0 Å². The van der Waals surface area contributed by atoms with Gasteiger partial charge in [-0.1, -0.05) is 19.9 Å². The molecule has 2 nitrogen and oxygen atoms in total. The minimum absolute atomic E-state index is 0.0580. The molecule has 7 atom stereocenters. The van der Waals surface area contributed by atoms with E-state index in [1.807, 2.05) is 0 Å². The first-order valence-electron chi connectivity index (χ1n) is 8.93. The number of hydrogen-bond acceptors (Lipinski definition) is 2. The average molecular weight is 306 g/mol. The average Bonchev–Trinajstić information content (AvgIpc) is 2.79. The summed E-state index contributed by atoms with van der Waals surface area (Å²) in [6, 6.07) is 0. The molecule has 0 bridgehead atoms. The highest BCUT2D eigenvalue weighted by Gasteiger charge is 2.59. The van der Waals surface area contributed by atoms with Crippen LogP contribution < -0.4 is 0 Å². The third-order valence-corrected chi connectivity index (χ3v) is 7.92. The van der Waals surface area contributed by atoms with Crippen LogP contribution in [0.2, 0.25) is 0 Å². The maximum atomic E-state index is 14.5. The highest BCUT2D eigenvalue weighted by atomic mass is 19.1. The maximum absolute atomic E-state index is 14.5. The van der Waals surface area contributed by atoms with Gasteiger partial charge in [0.25, 0.3) is 0 Å². The minimum atomic E-state index is -1.36. The number of alkyl halides is 1. The number of halogens is 1. The lowest BCUT2D eigenvalue weighted by atomic mass is 9.48. The molecule has 0 aliphatic heterocycles. The molecule has 4 aliphatic rings. The summed E-state index contributed by atoms with van der Waals surface area (Å²) < 4.78 is 14.5. The van der Waals surface area contributed by atoms with Crippen LogP contribution in [0.25, 0.3) is 0 Å². The number of allylic oxidation sites excluding steroid dienone is 2. The van der Waals surface area contributed by atoms with Gasteiger partial charge in [0.05, 0.1) is 6.10 Å². The van der Waals surface area contributed by atoms with E-state index in [1.54, 1.807) is 0 Å². The number of aliphatic hydroxyl groups is 1. The molecule has 0 spiro atoms. The van der Waals surface area contributed by atoms with Gasteiger partial charge in [-0.3, -0.25) is 4.79 Å². The zero-order chi connectivity index (χ0) is 15.7. The van der Waals surface area contributed by atoms with Gasteiger partial charge in [-0.15, -0.1) is 0 Å². The summed E-state index contributed by atoms with van der Waals surface area (Å²) in [7, 11) is 0. The molecule has 0 aromatic heterocycles. The van der Waals surface area contributed by atoms with Crippen LogP contribution in [0.3, 0.4) is 0 Å². The van der Waals surface area contributed by atoms with Crippen LogP contribution in [0.5, 0.6) is 0 Å². The smallest absolute Gasteiger partial charge is 0.180 e. The summed E-state index contributed by atoms with van der Waals surface area (Å²) in [5.74, 6) is 1.39. The van der Waals surface area contributed by atoms with E-state index < -0.39 is 6.17 Å². The Labute approximate surface area is 132 Å². The van der Waals surface area contributed by atoms with Gasteiger partial charge in [-0.25, -0.2) is 4.39 Å². The van der Waals surface area contributed by atoms with Gasteiger partial charge >= 0.3 is 0 Å². The standard InChI is InChI=1S/C19H27FO2/c1-18-10-8-15(21)17(20)14(18)4-3-11-12-5-6-16(22)19(12,2)9-7-13(11)18/h4,11-13,16-17,22H,3,5-10H2,1-2H3/t11-,12-,13-,16-,17?,18+,19-/m0/s1. The molecule has 0 aromatic rings. The molecular formula is C19H27FO2. The van der Waals surface area contributed by atoms with Crippen molar-refractivity contribution < 1.29 is 14.3 Å². The lowest BCUT2D eigenvalue weighted by Crippen LogP contribution is -2.52. The molecule has 1 N–H and O–H groups in total. The number of ketones is 1. The number of aliphatic hydroxyl groups excluding tert-OH is 1. The number of Topliss-reactive ketones (excluding diaryl/α,β-unsaturated/α-hetero) is 1. The van der Waals surface area contributed by atoms with Crippen molar-refractivity contribution >= 4 is 5.78 Å². The van der Waals surface area contributed by atoms with Crippen LogP contribution in [-0.4, -0.2) is 23.2 Å². The van der Waals surface area contributed by atoms with E-state index in [-0.39, 0.29) is 22.7 Å². The molecule has 3 heteroatoms. The zero-order valence-corrected chi connectivity index (χ0v) is 13.6. The van der Waals surface area contributed by atoms with E-state index in [4.69, 9.17) is 0 Å². The van der Waals surface area contributed by atoms with Crippen molar-refractivity contribution in [3.63, 3.8) is 0 Å². The Hall–Kier alpha value is -0.700. The zero-order valence-electron chi connectivity index (χ0n) is 13.6. The molecule has 0 heterocycles. The largest absolute Gasteiger partial charge is 0.393 e. The van der Waals surface area contributed by atoms with Crippen LogP contribution in [-0.2, 0) is 4.79 Å². The van der Waals surface area contributed by atoms with E-state index >= 15 is 0 Å². The van der Waals surface area contributed by atoms with Crippen LogP contribution >= 0.6 is 0 Å². The molecule has 122 valence electrons. The number of carbonyl (C=O) groups excluding carboxylic acids is 1. The van der Waals surface area contributed by atoms with Gasteiger partial charge in [-0.05, 0) is 72.7 Å². The lowest BCUT2D eigenvalue weighted by Gasteiger charge is -2.57. The molecule has 3 fully saturated rings. The van der Waals surface area contributed by atoms with Crippen molar-refractivity contribution in [2.24, 2.45) is 28.6 Å². The van der Waals surface area contributed by atoms with E-state index in [9.17, 15) is 14.3 Å². The number of carbonyl (C=O) groups is 1. The fourth-order valence-corrected chi connectivity index (χ4v) is 6.50. The Morgan fingerprint density at radius 1 is 1.18 bits per heavy atom. The number of hydrogen-bond donors (Lipinski definition) is 1. The van der Waals surface area contributed by atoms with Gasteiger partial charge in [0, 0.05) is 6.42 Å². The van der Waals surface area contributed by atoms with Gasteiger partial charge in [0.2, 0.25) is 0 Å². The first kappa shape index (κ1) is 14.9. The molecule has 0 amide bonds. The molecule has 0 saturated heterocycles. The summed E-state index contributed by atoms with van der Waals surface area (Å²) >= 11 is 0. The van der Waals surface area contributed by atoms with Crippen molar-refractivity contribution in [2.75, 3.05) is 0 Å². The summed E-state index contributed by atoms with van der Waals surface area (Å²) in [5.41, 5.74) is 0.709. The predicted octanol–water partition coefficient (Wildman–Crippen LogP) is 3.83.